The average Bonchev–Trinajstić information content (AvgIpc) is 3.03. The number of nitrogens with zero attached hydrogens (tertiary/aromatic N) is 3. The zero-order valence-electron chi connectivity index (χ0n) is 18.6. The molecule has 0 spiro atoms. The molecule has 0 aliphatic heterocycles. The van der Waals surface area contributed by atoms with Crippen LogP contribution in [0.15, 0.2) is 54.6 Å². The Morgan fingerprint density at radius 3 is 2.35 bits per heavy atom. The maximum absolute atomic E-state index is 14.3. The van der Waals surface area contributed by atoms with Crippen molar-refractivity contribution in [2.45, 2.75) is 46.3 Å². The summed E-state index contributed by atoms with van der Waals surface area (Å²) in [6.07, 6.45) is 0. The number of aryl methyl sites for hydroxylation is 1. The van der Waals surface area contributed by atoms with Crippen LogP contribution in [-0.4, -0.2) is 32.8 Å². The first-order valence-electron chi connectivity index (χ1n) is 10.4. The molecule has 3 aromatic rings. The highest BCUT2D eigenvalue weighted by molar-refractivity contribution is 5.75. The van der Waals surface area contributed by atoms with Crippen molar-refractivity contribution in [3.63, 3.8) is 0 Å². The highest BCUT2D eigenvalue weighted by Gasteiger charge is 2.26. The lowest BCUT2D eigenvalue weighted by Crippen LogP contribution is -2.45. The van der Waals surface area contributed by atoms with Gasteiger partial charge in [0.05, 0.1) is 12.1 Å². The van der Waals surface area contributed by atoms with Crippen molar-refractivity contribution in [2.24, 2.45) is 7.05 Å². The van der Waals surface area contributed by atoms with Gasteiger partial charge in [0, 0.05) is 24.7 Å². The largest absolute Gasteiger partial charge is 0.436 e. The summed E-state index contributed by atoms with van der Waals surface area (Å²) in [6, 6.07) is 15.7. The first-order valence-corrected chi connectivity index (χ1v) is 10.4. The lowest BCUT2D eigenvalue weighted by Gasteiger charge is -2.28. The van der Waals surface area contributed by atoms with Crippen LogP contribution in [0, 0.1) is 5.82 Å². The number of carbonyl (C=O) groups excluding carboxylic acids is 1. The highest BCUT2D eigenvalue weighted by Crippen LogP contribution is 2.35. The van der Waals surface area contributed by atoms with Gasteiger partial charge in [0.1, 0.15) is 5.69 Å². The van der Waals surface area contributed by atoms with Crippen LogP contribution >= 0.6 is 0 Å². The summed E-state index contributed by atoms with van der Waals surface area (Å²) in [5.74, 6) is 0.0372. The number of ether oxygens (including phenoxy) is 1. The van der Waals surface area contributed by atoms with Gasteiger partial charge in [-0.25, -0.2) is 13.9 Å². The predicted octanol–water partition coefficient (Wildman–Crippen LogP) is 5.35. The molecule has 0 fully saturated rings. The Morgan fingerprint density at radius 1 is 1.10 bits per heavy atom. The third-order valence-electron chi connectivity index (χ3n) is 4.80. The van der Waals surface area contributed by atoms with Crippen LogP contribution in [0.1, 0.15) is 33.3 Å². The molecule has 2 aromatic carbocycles. The van der Waals surface area contributed by atoms with Crippen molar-refractivity contribution in [3.8, 4) is 22.9 Å². The zero-order valence-corrected chi connectivity index (χ0v) is 18.6. The smallest absolute Gasteiger partial charge is 0.318 e. The molecule has 31 heavy (non-hydrogen) atoms. The van der Waals surface area contributed by atoms with Crippen molar-refractivity contribution >= 4 is 6.03 Å². The SMILES string of the molecule is CC(C)NC(=O)N(Cc1c(-c2ccccc2)nn(C)c1Oc1ccccc1F)C(C)C. The molecule has 0 aliphatic rings. The minimum atomic E-state index is -0.464. The van der Waals surface area contributed by atoms with Crippen molar-refractivity contribution in [2.75, 3.05) is 0 Å². The number of halogens is 1. The standard InChI is InChI=1S/C24H29FN4O2/c1-16(2)26-24(30)29(17(3)4)15-19-22(18-11-7-6-8-12-18)27-28(5)23(19)31-21-14-10-9-13-20(21)25/h6-14,16-17H,15H2,1-5H3,(H,26,30). The van der Waals surface area contributed by atoms with Gasteiger partial charge in [0.15, 0.2) is 11.6 Å². The molecule has 1 N–H and O–H groups in total. The topological polar surface area (TPSA) is 59.4 Å². The maximum atomic E-state index is 14.3. The van der Waals surface area contributed by atoms with E-state index in [1.165, 1.54) is 6.07 Å². The number of aromatic nitrogens is 2. The van der Waals surface area contributed by atoms with Crippen molar-refractivity contribution < 1.29 is 13.9 Å². The Bertz CT molecular complexity index is 1030. The van der Waals surface area contributed by atoms with Gasteiger partial charge < -0.3 is 15.0 Å². The van der Waals surface area contributed by atoms with E-state index in [4.69, 9.17) is 4.74 Å². The number of benzene rings is 2. The molecular weight excluding hydrogens is 395 g/mol. The van der Waals surface area contributed by atoms with Crippen LogP contribution in [0.5, 0.6) is 11.6 Å². The van der Waals surface area contributed by atoms with Crippen LogP contribution in [0.3, 0.4) is 0 Å². The van der Waals surface area contributed by atoms with Crippen LogP contribution in [-0.2, 0) is 13.6 Å². The fourth-order valence-corrected chi connectivity index (χ4v) is 3.27. The fraction of sp³-hybridized carbons (Fsp3) is 0.333. The molecule has 0 atom stereocenters. The van der Waals surface area contributed by atoms with Crippen LogP contribution < -0.4 is 10.1 Å². The van der Waals surface area contributed by atoms with E-state index in [2.05, 4.69) is 10.4 Å². The summed E-state index contributed by atoms with van der Waals surface area (Å²) >= 11 is 0. The molecule has 0 saturated carbocycles. The molecule has 0 radical (unpaired) electrons. The summed E-state index contributed by atoms with van der Waals surface area (Å²) < 4.78 is 21.9. The summed E-state index contributed by atoms with van der Waals surface area (Å²) in [5.41, 5.74) is 2.30. The molecular formula is C24H29FN4O2. The van der Waals surface area contributed by atoms with Gasteiger partial charge in [-0.2, -0.15) is 5.10 Å². The van der Waals surface area contributed by atoms with Crippen molar-refractivity contribution in [3.05, 3.63) is 66.0 Å². The molecule has 1 aromatic heterocycles. The first kappa shape index (κ1) is 22.3. The molecule has 6 nitrogen and oxygen atoms in total. The van der Waals surface area contributed by atoms with Crippen molar-refractivity contribution in [1.29, 1.82) is 0 Å². The highest BCUT2D eigenvalue weighted by atomic mass is 19.1. The van der Waals surface area contributed by atoms with E-state index in [0.29, 0.717) is 17.1 Å². The third-order valence-corrected chi connectivity index (χ3v) is 4.80. The van der Waals surface area contributed by atoms with E-state index in [9.17, 15) is 9.18 Å². The molecule has 0 bridgehead atoms. The summed E-state index contributed by atoms with van der Waals surface area (Å²) in [4.78, 5) is 14.6. The number of para-hydroxylation sites is 1. The van der Waals surface area contributed by atoms with E-state index < -0.39 is 5.82 Å². The number of carbonyl (C=O) groups is 1. The second kappa shape index (κ2) is 9.64. The maximum Gasteiger partial charge on any atom is 0.318 e. The Balaban J connectivity index is 2.08. The summed E-state index contributed by atoms with van der Waals surface area (Å²) in [5, 5.41) is 7.60. The molecule has 0 unspecified atom stereocenters. The molecule has 7 heteroatoms. The molecule has 3 rings (SSSR count). The first-order chi connectivity index (χ1) is 14.8. The third kappa shape index (κ3) is 5.23. The second-order valence-corrected chi connectivity index (χ2v) is 7.98. The summed E-state index contributed by atoms with van der Waals surface area (Å²) in [6.45, 7) is 8.01. The van der Waals surface area contributed by atoms with Crippen LogP contribution in [0.4, 0.5) is 9.18 Å². The van der Waals surface area contributed by atoms with E-state index in [-0.39, 0.29) is 30.4 Å². The molecule has 1 heterocycles. The minimum absolute atomic E-state index is 0.00498. The van der Waals surface area contributed by atoms with E-state index in [0.717, 1.165) is 5.56 Å². The number of hydrogen-bond acceptors (Lipinski definition) is 3. The van der Waals surface area contributed by atoms with Gasteiger partial charge in [-0.1, -0.05) is 42.5 Å². The normalized spacial score (nSPS) is 11.1. The lowest BCUT2D eigenvalue weighted by atomic mass is 10.1. The Hall–Kier alpha value is -3.35. The molecule has 2 amide bonds. The number of amides is 2. The van der Waals surface area contributed by atoms with Gasteiger partial charge >= 0.3 is 6.03 Å². The Morgan fingerprint density at radius 2 is 1.74 bits per heavy atom. The van der Waals surface area contributed by atoms with Crippen LogP contribution in [0.25, 0.3) is 11.3 Å². The molecule has 0 aliphatic carbocycles. The Kier molecular flexibility index (Phi) is 6.95. The number of hydrogen-bond donors (Lipinski definition) is 1. The quantitative estimate of drug-likeness (QED) is 0.556. The van der Waals surface area contributed by atoms with Crippen LogP contribution in [0.2, 0.25) is 0 Å². The summed E-state index contributed by atoms with van der Waals surface area (Å²) in [7, 11) is 1.75. The fourth-order valence-electron chi connectivity index (χ4n) is 3.27. The van der Waals surface area contributed by atoms with Gasteiger partial charge in [0.25, 0.3) is 0 Å². The van der Waals surface area contributed by atoms with E-state index in [1.54, 1.807) is 34.8 Å². The number of urea groups is 1. The van der Waals surface area contributed by atoms with E-state index >= 15 is 0 Å². The van der Waals surface area contributed by atoms with Gasteiger partial charge in [-0.15, -0.1) is 0 Å². The molecule has 0 saturated heterocycles. The monoisotopic (exact) mass is 424 g/mol. The number of rotatable bonds is 7. The van der Waals surface area contributed by atoms with Gasteiger partial charge in [-0.05, 0) is 39.8 Å². The minimum Gasteiger partial charge on any atom is -0.436 e. The lowest BCUT2D eigenvalue weighted by molar-refractivity contribution is 0.176. The predicted molar refractivity (Wildman–Crippen MR) is 119 cm³/mol. The number of nitrogens with one attached hydrogen (secondary N) is 1. The molecule has 164 valence electrons. The van der Waals surface area contributed by atoms with E-state index in [1.807, 2.05) is 58.0 Å². The second-order valence-electron chi connectivity index (χ2n) is 7.98. The average molecular weight is 425 g/mol. The van der Waals surface area contributed by atoms with Gasteiger partial charge in [0.2, 0.25) is 5.88 Å². The van der Waals surface area contributed by atoms with Crippen molar-refractivity contribution in [1.82, 2.24) is 20.0 Å². The zero-order chi connectivity index (χ0) is 22.5. The van der Waals surface area contributed by atoms with Gasteiger partial charge in [-0.3, -0.25) is 0 Å². The Labute approximate surface area is 182 Å².